The largest absolute Gasteiger partial charge is 0.480 e. The number of hydrogen-bond donors (Lipinski definition) is 4. The molecule has 8 nitrogen and oxygen atoms in total. The minimum absolute atomic E-state index is 0.105. The molecule has 1 unspecified atom stereocenters. The first-order chi connectivity index (χ1) is 14.5. The van der Waals surface area contributed by atoms with Gasteiger partial charge in [0, 0.05) is 44.9 Å². The Labute approximate surface area is 182 Å². The van der Waals surface area contributed by atoms with E-state index in [0.717, 1.165) is 26.6 Å². The number of aliphatic carboxylic acids is 1. The number of nitrogens with zero attached hydrogens (tertiary/aromatic N) is 3. The first kappa shape index (κ1) is 25.4. The molecule has 11 heteroatoms. The highest BCUT2D eigenvalue weighted by Gasteiger charge is 2.33. The maximum absolute atomic E-state index is 13.3. The Hall–Kier alpha value is -1.82. The third kappa shape index (κ3) is 7.99. The molecule has 1 aliphatic heterocycles. The Morgan fingerprint density at radius 1 is 1.16 bits per heavy atom. The molecule has 5 N–H and O–H groups in total. The van der Waals surface area contributed by atoms with Crippen molar-refractivity contribution in [3.05, 3.63) is 23.9 Å². The highest BCUT2D eigenvalue weighted by Crippen LogP contribution is 2.27. The summed E-state index contributed by atoms with van der Waals surface area (Å²) in [4.78, 5) is 20.1. The summed E-state index contributed by atoms with van der Waals surface area (Å²) in [7, 11) is -1.38. The lowest BCUT2D eigenvalue weighted by Gasteiger charge is -2.36. The van der Waals surface area contributed by atoms with Gasteiger partial charge < -0.3 is 25.8 Å². The minimum atomic E-state index is -2.90. The first-order valence-corrected chi connectivity index (χ1v) is 10.7. The summed E-state index contributed by atoms with van der Waals surface area (Å²) >= 11 is 0. The average molecular weight is 442 g/mol. The van der Waals surface area contributed by atoms with Crippen LogP contribution in [0.15, 0.2) is 18.3 Å². The Morgan fingerprint density at radius 2 is 1.81 bits per heavy atom. The van der Waals surface area contributed by atoms with Gasteiger partial charge in [-0.25, -0.2) is 13.8 Å². The number of halogens is 2. The van der Waals surface area contributed by atoms with Crippen LogP contribution in [0.2, 0.25) is 6.32 Å². The number of aromatic nitrogens is 1. The summed E-state index contributed by atoms with van der Waals surface area (Å²) in [5, 5.41) is 27.3. The number of hydrogen-bond acceptors (Lipinski definition) is 7. The second kappa shape index (κ2) is 11.2. The number of carboxylic acids is 1. The van der Waals surface area contributed by atoms with Crippen LogP contribution in [-0.4, -0.2) is 76.4 Å². The van der Waals surface area contributed by atoms with Gasteiger partial charge in [-0.2, -0.15) is 0 Å². The molecule has 1 aliphatic rings. The standard InChI is InChI=1S/C20H33BF2N4O4/c1-19(22,23)16-5-6-17(25-15-16)27-13-11-26(12-14-27)10-4-8-20(24,18(28)29)7-2-3-9-21(30)31/h5-6,15,30-31H,2-4,7-14,24H2,1H3,(H,28,29). The minimum Gasteiger partial charge on any atom is -0.480 e. The molecule has 1 aromatic rings. The number of carbonyl (C=O) groups is 1. The molecule has 0 amide bonds. The predicted molar refractivity (Wildman–Crippen MR) is 115 cm³/mol. The van der Waals surface area contributed by atoms with E-state index in [0.29, 0.717) is 51.0 Å². The fourth-order valence-electron chi connectivity index (χ4n) is 3.76. The predicted octanol–water partition coefficient (Wildman–Crippen LogP) is 1.52. The molecule has 0 saturated carbocycles. The number of pyridine rings is 1. The Morgan fingerprint density at radius 3 is 2.32 bits per heavy atom. The van der Waals surface area contributed by atoms with Gasteiger partial charge in [0.15, 0.2) is 0 Å². The van der Waals surface area contributed by atoms with Gasteiger partial charge in [0.05, 0.1) is 0 Å². The van der Waals surface area contributed by atoms with Crippen molar-refractivity contribution in [3.63, 3.8) is 0 Å². The van der Waals surface area contributed by atoms with E-state index in [1.807, 2.05) is 4.90 Å². The molecule has 1 atom stereocenters. The number of unbranched alkanes of at least 4 members (excludes halogenated alkanes) is 1. The summed E-state index contributed by atoms with van der Waals surface area (Å²) in [5.74, 6) is -3.26. The zero-order valence-corrected chi connectivity index (χ0v) is 18.0. The van der Waals surface area contributed by atoms with Crippen LogP contribution >= 0.6 is 0 Å². The molecule has 2 rings (SSSR count). The number of carboxylic acid groups (broad SMARTS) is 1. The van der Waals surface area contributed by atoms with Crippen molar-refractivity contribution < 1.29 is 28.7 Å². The molecular weight excluding hydrogens is 409 g/mol. The molecule has 174 valence electrons. The van der Waals surface area contributed by atoms with E-state index in [1.165, 1.54) is 12.3 Å². The number of rotatable bonds is 12. The summed E-state index contributed by atoms with van der Waals surface area (Å²) in [6, 6.07) is 3.02. The van der Waals surface area contributed by atoms with Crippen LogP contribution in [0.25, 0.3) is 0 Å². The smallest absolute Gasteiger partial charge is 0.451 e. The normalized spacial score (nSPS) is 17.4. The van der Waals surface area contributed by atoms with Crippen LogP contribution in [0.5, 0.6) is 0 Å². The molecule has 1 fully saturated rings. The Bertz CT molecular complexity index is 697. The van der Waals surface area contributed by atoms with Crippen LogP contribution in [0.1, 0.15) is 44.6 Å². The van der Waals surface area contributed by atoms with Crippen molar-refractivity contribution in [1.82, 2.24) is 9.88 Å². The molecule has 0 spiro atoms. The second-order valence-corrected chi connectivity index (χ2v) is 8.41. The lowest BCUT2D eigenvalue weighted by atomic mass is 9.81. The van der Waals surface area contributed by atoms with Crippen molar-refractivity contribution in [2.45, 2.75) is 56.8 Å². The maximum atomic E-state index is 13.3. The number of anilines is 1. The monoisotopic (exact) mass is 442 g/mol. The van der Waals surface area contributed by atoms with E-state index in [-0.39, 0.29) is 11.9 Å². The molecule has 0 aliphatic carbocycles. The van der Waals surface area contributed by atoms with Crippen molar-refractivity contribution in [1.29, 1.82) is 0 Å². The summed E-state index contributed by atoms with van der Waals surface area (Å²) in [5.41, 5.74) is 4.69. The molecule has 2 heterocycles. The van der Waals surface area contributed by atoms with Gasteiger partial charge in [0.2, 0.25) is 0 Å². The fraction of sp³-hybridized carbons (Fsp3) is 0.700. The molecule has 1 saturated heterocycles. The quantitative estimate of drug-likeness (QED) is 0.284. The number of piperazine rings is 1. The van der Waals surface area contributed by atoms with Crippen molar-refractivity contribution >= 4 is 18.9 Å². The highest BCUT2D eigenvalue weighted by atomic mass is 19.3. The van der Waals surface area contributed by atoms with E-state index in [1.54, 1.807) is 6.07 Å². The van der Waals surface area contributed by atoms with Crippen LogP contribution in [0.4, 0.5) is 14.6 Å². The second-order valence-electron chi connectivity index (χ2n) is 8.41. The van der Waals surface area contributed by atoms with Crippen molar-refractivity contribution in [3.8, 4) is 0 Å². The third-order valence-electron chi connectivity index (χ3n) is 5.81. The van der Waals surface area contributed by atoms with E-state index in [2.05, 4.69) is 9.88 Å². The maximum Gasteiger partial charge on any atom is 0.451 e. The summed E-state index contributed by atoms with van der Waals surface area (Å²) in [6.45, 7) is 4.54. The van der Waals surface area contributed by atoms with E-state index in [4.69, 9.17) is 15.8 Å². The van der Waals surface area contributed by atoms with Gasteiger partial charge in [0.25, 0.3) is 5.92 Å². The zero-order valence-electron chi connectivity index (χ0n) is 18.0. The SMILES string of the molecule is CC(F)(F)c1ccc(N2CCN(CCCC(N)(CCCCB(O)O)C(=O)O)CC2)nc1. The van der Waals surface area contributed by atoms with Crippen LogP contribution < -0.4 is 10.6 Å². The van der Waals surface area contributed by atoms with Gasteiger partial charge in [-0.3, -0.25) is 9.69 Å². The van der Waals surface area contributed by atoms with Crippen LogP contribution in [0, 0.1) is 0 Å². The Balaban J connectivity index is 1.75. The molecule has 0 aromatic carbocycles. The third-order valence-corrected chi connectivity index (χ3v) is 5.81. The van der Waals surface area contributed by atoms with Crippen LogP contribution in [0.3, 0.4) is 0 Å². The van der Waals surface area contributed by atoms with Gasteiger partial charge in [0.1, 0.15) is 11.4 Å². The number of alkyl halides is 2. The molecule has 0 bridgehead atoms. The van der Waals surface area contributed by atoms with Crippen molar-refractivity contribution in [2.24, 2.45) is 5.73 Å². The average Bonchev–Trinajstić information content (AvgIpc) is 2.71. The topological polar surface area (TPSA) is 123 Å². The van der Waals surface area contributed by atoms with E-state index < -0.39 is 24.5 Å². The Kier molecular flexibility index (Phi) is 9.17. The van der Waals surface area contributed by atoms with Gasteiger partial charge in [-0.05, 0) is 44.3 Å². The molecule has 0 radical (unpaired) electrons. The summed E-state index contributed by atoms with van der Waals surface area (Å²) in [6.07, 6.45) is 3.74. The summed E-state index contributed by atoms with van der Waals surface area (Å²) < 4.78 is 26.6. The highest BCUT2D eigenvalue weighted by molar-refractivity contribution is 6.40. The molecule has 31 heavy (non-hydrogen) atoms. The zero-order chi connectivity index (χ0) is 23.1. The molecule has 1 aromatic heterocycles. The lowest BCUT2D eigenvalue weighted by molar-refractivity contribution is -0.144. The molecular formula is C20H33BF2N4O4. The van der Waals surface area contributed by atoms with E-state index >= 15 is 0 Å². The van der Waals surface area contributed by atoms with Gasteiger partial charge in [-0.15, -0.1) is 0 Å². The van der Waals surface area contributed by atoms with Crippen LogP contribution in [-0.2, 0) is 10.7 Å². The first-order valence-electron chi connectivity index (χ1n) is 10.7. The number of nitrogens with two attached hydrogens (primary N) is 1. The van der Waals surface area contributed by atoms with E-state index in [9.17, 15) is 18.7 Å². The fourth-order valence-corrected chi connectivity index (χ4v) is 3.76. The van der Waals surface area contributed by atoms with Crippen molar-refractivity contribution in [2.75, 3.05) is 37.6 Å². The van der Waals surface area contributed by atoms with Gasteiger partial charge in [-0.1, -0.05) is 12.8 Å². The lowest BCUT2D eigenvalue weighted by Crippen LogP contribution is -2.50. The van der Waals surface area contributed by atoms with Gasteiger partial charge >= 0.3 is 13.1 Å².